The number of piperidine rings is 2. The molecule has 0 saturated carbocycles. The van der Waals surface area contributed by atoms with E-state index in [4.69, 9.17) is 4.99 Å². The molecule has 2 saturated heterocycles. The van der Waals surface area contributed by atoms with Gasteiger partial charge in [0.1, 0.15) is 11.4 Å². The first-order chi connectivity index (χ1) is 12.9. The predicted octanol–water partition coefficient (Wildman–Crippen LogP) is 1.05. The number of hydrogen-bond acceptors (Lipinski definition) is 5. The van der Waals surface area contributed by atoms with Gasteiger partial charge in [0.25, 0.3) is 5.91 Å². The van der Waals surface area contributed by atoms with E-state index < -0.39 is 15.6 Å². The van der Waals surface area contributed by atoms with Crippen molar-refractivity contribution < 1.29 is 13.2 Å². The lowest BCUT2D eigenvalue weighted by Gasteiger charge is -2.34. The summed E-state index contributed by atoms with van der Waals surface area (Å²) >= 11 is 0. The average Bonchev–Trinajstić information content (AvgIpc) is 2.99. The Hall–Kier alpha value is -1.77. The highest BCUT2D eigenvalue weighted by Gasteiger charge is 2.48. The van der Waals surface area contributed by atoms with Crippen molar-refractivity contribution in [2.24, 2.45) is 10.9 Å². The average molecular weight is 391 g/mol. The van der Waals surface area contributed by atoms with Crippen LogP contribution in [0.2, 0.25) is 0 Å². The lowest BCUT2D eigenvalue weighted by atomic mass is 9.89. The summed E-state index contributed by atoms with van der Waals surface area (Å²) in [5.41, 5.74) is 0.112. The molecule has 0 radical (unpaired) electrons. The predicted molar refractivity (Wildman–Crippen MR) is 103 cm³/mol. The molecule has 0 aromatic heterocycles. The van der Waals surface area contributed by atoms with Gasteiger partial charge in [-0.1, -0.05) is 12.1 Å². The van der Waals surface area contributed by atoms with Gasteiger partial charge in [-0.2, -0.15) is 4.31 Å². The molecular weight excluding hydrogens is 364 g/mol. The molecule has 1 aromatic carbocycles. The van der Waals surface area contributed by atoms with Gasteiger partial charge in [0.15, 0.2) is 0 Å². The van der Waals surface area contributed by atoms with Crippen LogP contribution in [0.1, 0.15) is 31.2 Å². The fraction of sp³-hybridized carbons (Fsp3) is 0.579. The van der Waals surface area contributed by atoms with Crippen LogP contribution in [0.4, 0.5) is 0 Å². The van der Waals surface area contributed by atoms with Gasteiger partial charge in [0.05, 0.1) is 4.90 Å². The highest BCUT2D eigenvalue weighted by Crippen LogP contribution is 2.34. The lowest BCUT2D eigenvalue weighted by molar-refractivity contribution is -0.125. The zero-order chi connectivity index (χ0) is 19.1. The van der Waals surface area contributed by atoms with Gasteiger partial charge >= 0.3 is 0 Å². The van der Waals surface area contributed by atoms with Gasteiger partial charge in [0, 0.05) is 25.6 Å². The van der Waals surface area contributed by atoms with Crippen molar-refractivity contribution in [2.75, 3.05) is 26.2 Å². The minimum absolute atomic E-state index is 0.0734. The third-order valence-corrected chi connectivity index (χ3v) is 7.75. The molecule has 1 spiro atoms. The molecule has 1 unspecified atom stereocenters. The van der Waals surface area contributed by atoms with Gasteiger partial charge in [-0.15, -0.1) is 0 Å². The van der Waals surface area contributed by atoms with E-state index in [1.807, 2.05) is 13.0 Å². The lowest BCUT2D eigenvalue weighted by Crippen LogP contribution is -2.50. The quantitative estimate of drug-likeness (QED) is 0.807. The number of rotatable bonds is 3. The third kappa shape index (κ3) is 3.41. The van der Waals surface area contributed by atoms with Gasteiger partial charge in [0.2, 0.25) is 10.0 Å². The zero-order valence-corrected chi connectivity index (χ0v) is 16.4. The molecule has 8 heteroatoms. The number of nitrogens with one attached hydrogen (secondary N) is 2. The summed E-state index contributed by atoms with van der Waals surface area (Å²) in [7, 11) is -3.54. The van der Waals surface area contributed by atoms with Crippen LogP contribution in [0.5, 0.6) is 0 Å². The molecule has 0 aliphatic carbocycles. The topological polar surface area (TPSA) is 90.9 Å². The number of carbonyl (C=O) groups is 1. The first-order valence-electron chi connectivity index (χ1n) is 9.59. The largest absolute Gasteiger partial charge is 0.316 e. The van der Waals surface area contributed by atoms with E-state index in [1.54, 1.807) is 18.2 Å². The Bertz CT molecular complexity index is 867. The van der Waals surface area contributed by atoms with Gasteiger partial charge in [-0.25, -0.2) is 8.42 Å². The van der Waals surface area contributed by atoms with Crippen molar-refractivity contribution in [3.63, 3.8) is 0 Å². The molecule has 2 fully saturated rings. The molecule has 1 atom stereocenters. The first kappa shape index (κ1) is 18.6. The summed E-state index contributed by atoms with van der Waals surface area (Å²) in [4.78, 5) is 17.8. The molecule has 1 aromatic rings. The van der Waals surface area contributed by atoms with Crippen LogP contribution in [-0.4, -0.2) is 56.2 Å². The van der Waals surface area contributed by atoms with E-state index in [0.29, 0.717) is 30.8 Å². The van der Waals surface area contributed by atoms with Crippen molar-refractivity contribution in [1.29, 1.82) is 0 Å². The van der Waals surface area contributed by atoms with E-state index in [9.17, 15) is 13.2 Å². The first-order valence-corrected chi connectivity index (χ1v) is 11.0. The second-order valence-corrected chi connectivity index (χ2v) is 9.68. The number of aliphatic imine (C=N–C) groups is 1. The van der Waals surface area contributed by atoms with Crippen molar-refractivity contribution in [1.82, 2.24) is 14.9 Å². The van der Waals surface area contributed by atoms with Crippen LogP contribution >= 0.6 is 0 Å². The van der Waals surface area contributed by atoms with Crippen LogP contribution < -0.4 is 10.6 Å². The smallest absolute Gasteiger partial charge is 0.253 e. The number of sulfonamides is 1. The Morgan fingerprint density at radius 1 is 1.26 bits per heavy atom. The zero-order valence-electron chi connectivity index (χ0n) is 15.6. The van der Waals surface area contributed by atoms with Crippen molar-refractivity contribution in [3.8, 4) is 0 Å². The summed E-state index contributed by atoms with van der Waals surface area (Å²) in [6.45, 7) is 4.34. The molecule has 27 heavy (non-hydrogen) atoms. The number of benzene rings is 1. The van der Waals surface area contributed by atoms with Crippen molar-refractivity contribution in [3.05, 3.63) is 29.8 Å². The van der Waals surface area contributed by atoms with E-state index in [2.05, 4.69) is 10.6 Å². The summed E-state index contributed by atoms with van der Waals surface area (Å²) in [6.07, 6.45) is 2.95. The SMILES string of the molecule is Cc1cccc(S(=O)(=O)N2CCC3(CC2)N=C(C2CCCNC2)NC3=O)c1. The molecular formula is C19H26N4O3S. The number of carbonyl (C=O) groups excluding carboxylic acids is 1. The Morgan fingerprint density at radius 2 is 2.04 bits per heavy atom. The van der Waals surface area contributed by atoms with E-state index in [0.717, 1.165) is 37.3 Å². The standard InChI is InChI=1S/C19H26N4O3S/c1-14-4-2-6-16(12-14)27(25,26)23-10-7-19(8-11-23)18(24)21-17(22-19)15-5-3-9-20-13-15/h2,4,6,12,15,20H,3,5,7-11,13H2,1H3,(H,21,22,24). The normalized spacial score (nSPS) is 26.0. The van der Waals surface area contributed by atoms with E-state index in [-0.39, 0.29) is 11.8 Å². The van der Waals surface area contributed by atoms with Crippen LogP contribution in [0.3, 0.4) is 0 Å². The highest BCUT2D eigenvalue weighted by molar-refractivity contribution is 7.89. The number of amidine groups is 1. The fourth-order valence-electron chi connectivity index (χ4n) is 4.18. The second kappa shape index (κ2) is 7.00. The molecule has 3 aliphatic heterocycles. The van der Waals surface area contributed by atoms with Crippen molar-refractivity contribution >= 4 is 21.8 Å². The number of amides is 1. The number of hydrogen-bond donors (Lipinski definition) is 2. The number of nitrogens with zero attached hydrogens (tertiary/aromatic N) is 2. The summed E-state index contributed by atoms with van der Waals surface area (Å²) in [5.74, 6) is 0.953. The van der Waals surface area contributed by atoms with E-state index in [1.165, 1.54) is 4.31 Å². The van der Waals surface area contributed by atoms with Gasteiger partial charge in [-0.3, -0.25) is 9.79 Å². The molecule has 3 aliphatic rings. The maximum atomic E-state index is 12.9. The Kier molecular flexibility index (Phi) is 4.82. The Balaban J connectivity index is 1.49. The Labute approximate surface area is 160 Å². The minimum Gasteiger partial charge on any atom is -0.316 e. The van der Waals surface area contributed by atoms with E-state index >= 15 is 0 Å². The molecule has 7 nitrogen and oxygen atoms in total. The highest BCUT2D eigenvalue weighted by atomic mass is 32.2. The summed E-state index contributed by atoms with van der Waals surface area (Å²) in [6, 6.07) is 6.95. The molecule has 146 valence electrons. The maximum absolute atomic E-state index is 12.9. The summed E-state index contributed by atoms with van der Waals surface area (Å²) < 4.78 is 27.3. The summed E-state index contributed by atoms with van der Waals surface area (Å²) in [5, 5.41) is 6.33. The van der Waals surface area contributed by atoms with Gasteiger partial charge in [-0.05, 0) is 56.8 Å². The van der Waals surface area contributed by atoms with Crippen LogP contribution in [0, 0.1) is 12.8 Å². The maximum Gasteiger partial charge on any atom is 0.253 e. The monoisotopic (exact) mass is 390 g/mol. The van der Waals surface area contributed by atoms with Crippen LogP contribution in [0.25, 0.3) is 0 Å². The molecule has 2 N–H and O–H groups in total. The van der Waals surface area contributed by atoms with Gasteiger partial charge < -0.3 is 10.6 Å². The number of aryl methyl sites for hydroxylation is 1. The second-order valence-electron chi connectivity index (χ2n) is 7.75. The molecule has 1 amide bonds. The molecule has 3 heterocycles. The fourth-order valence-corrected chi connectivity index (χ4v) is 5.73. The minimum atomic E-state index is -3.54. The molecule has 4 rings (SSSR count). The van der Waals surface area contributed by atoms with Crippen molar-refractivity contribution in [2.45, 2.75) is 43.0 Å². The Morgan fingerprint density at radius 3 is 2.70 bits per heavy atom. The van der Waals surface area contributed by atoms with Crippen LogP contribution in [0.15, 0.2) is 34.2 Å². The molecule has 0 bridgehead atoms. The van der Waals surface area contributed by atoms with Crippen LogP contribution in [-0.2, 0) is 14.8 Å². The third-order valence-electron chi connectivity index (χ3n) is 5.86.